The number of nitrogens with zero attached hydrogens (tertiary/aromatic N) is 5. The maximum atomic E-state index is 12.7. The van der Waals surface area contributed by atoms with Crippen molar-refractivity contribution in [1.29, 1.82) is 0 Å². The van der Waals surface area contributed by atoms with Gasteiger partial charge in [-0.25, -0.2) is 13.4 Å². The predicted molar refractivity (Wildman–Crippen MR) is 115 cm³/mol. The SMILES string of the molecule is CS(=O)(=O)Nc1ccc(CC(=O)N2CCN(c3cn4cc(Cl)cnc4n3)CC2)cc1. The molecule has 4 rings (SSSR count). The van der Waals surface area contributed by atoms with Gasteiger partial charge in [-0.15, -0.1) is 0 Å². The number of benzene rings is 1. The van der Waals surface area contributed by atoms with Crippen molar-refractivity contribution in [3.05, 3.63) is 53.4 Å². The van der Waals surface area contributed by atoms with Gasteiger partial charge in [-0.05, 0) is 17.7 Å². The van der Waals surface area contributed by atoms with Gasteiger partial charge in [0, 0.05) is 38.1 Å². The van der Waals surface area contributed by atoms with Gasteiger partial charge >= 0.3 is 0 Å². The van der Waals surface area contributed by atoms with Crippen LogP contribution in [0.25, 0.3) is 5.78 Å². The minimum atomic E-state index is -3.32. The van der Waals surface area contributed by atoms with Crippen molar-refractivity contribution < 1.29 is 13.2 Å². The van der Waals surface area contributed by atoms with Crippen molar-refractivity contribution in [3.63, 3.8) is 0 Å². The van der Waals surface area contributed by atoms with Crippen LogP contribution in [0.3, 0.4) is 0 Å². The van der Waals surface area contributed by atoms with Crippen molar-refractivity contribution in [3.8, 4) is 0 Å². The number of anilines is 2. The molecule has 2 aromatic heterocycles. The summed E-state index contributed by atoms with van der Waals surface area (Å²) in [5, 5.41) is 0.544. The molecule has 3 heterocycles. The number of halogens is 1. The zero-order valence-corrected chi connectivity index (χ0v) is 17.9. The van der Waals surface area contributed by atoms with Gasteiger partial charge < -0.3 is 9.80 Å². The normalized spacial score (nSPS) is 14.9. The molecule has 30 heavy (non-hydrogen) atoms. The van der Waals surface area contributed by atoms with Crippen LogP contribution in [-0.2, 0) is 21.2 Å². The second-order valence-electron chi connectivity index (χ2n) is 7.19. The number of amides is 1. The molecule has 3 aromatic rings. The van der Waals surface area contributed by atoms with E-state index < -0.39 is 10.0 Å². The Balaban J connectivity index is 1.33. The summed E-state index contributed by atoms with van der Waals surface area (Å²) in [5.74, 6) is 1.44. The van der Waals surface area contributed by atoms with Gasteiger partial charge in [-0.1, -0.05) is 23.7 Å². The van der Waals surface area contributed by atoms with Gasteiger partial charge in [0.2, 0.25) is 21.7 Å². The van der Waals surface area contributed by atoms with Gasteiger partial charge in [0.05, 0.1) is 30.1 Å². The number of rotatable bonds is 5. The summed E-state index contributed by atoms with van der Waals surface area (Å²) < 4.78 is 26.7. The summed E-state index contributed by atoms with van der Waals surface area (Å²) in [5.41, 5.74) is 1.32. The van der Waals surface area contributed by atoms with Gasteiger partial charge in [0.25, 0.3) is 0 Å². The Hall–Kier alpha value is -2.85. The molecule has 0 bridgehead atoms. The van der Waals surface area contributed by atoms with Gasteiger partial charge in [-0.2, -0.15) is 4.98 Å². The second-order valence-corrected chi connectivity index (χ2v) is 9.38. The maximum absolute atomic E-state index is 12.7. The third-order valence-electron chi connectivity index (χ3n) is 4.83. The van der Waals surface area contributed by atoms with Crippen LogP contribution in [-0.4, -0.2) is 66.0 Å². The molecule has 0 unspecified atom stereocenters. The van der Waals surface area contributed by atoms with E-state index in [4.69, 9.17) is 11.6 Å². The fourth-order valence-electron chi connectivity index (χ4n) is 3.38. The average molecular weight is 449 g/mol. The number of carbonyl (C=O) groups is 1. The molecule has 0 radical (unpaired) electrons. The Morgan fingerprint density at radius 1 is 1.13 bits per heavy atom. The molecule has 0 spiro atoms. The second kappa shape index (κ2) is 8.11. The van der Waals surface area contributed by atoms with Gasteiger partial charge in [-0.3, -0.25) is 13.9 Å². The number of sulfonamides is 1. The molecular weight excluding hydrogens is 428 g/mol. The summed E-state index contributed by atoms with van der Waals surface area (Å²) >= 11 is 5.97. The van der Waals surface area contributed by atoms with E-state index in [1.165, 1.54) is 0 Å². The Kier molecular flexibility index (Phi) is 5.52. The van der Waals surface area contributed by atoms with Crippen molar-refractivity contribution >= 4 is 44.8 Å². The molecule has 158 valence electrons. The molecule has 1 N–H and O–H groups in total. The fourth-order valence-corrected chi connectivity index (χ4v) is 4.09. The molecular formula is C19H21ClN6O3S. The van der Waals surface area contributed by atoms with Crippen LogP contribution in [0.1, 0.15) is 5.56 Å². The summed E-state index contributed by atoms with van der Waals surface area (Å²) in [4.78, 5) is 25.3. The first-order chi connectivity index (χ1) is 14.3. The molecule has 0 saturated carbocycles. The van der Waals surface area contributed by atoms with Crippen LogP contribution < -0.4 is 9.62 Å². The third kappa shape index (κ3) is 4.82. The number of hydrogen-bond donors (Lipinski definition) is 1. The van der Waals surface area contributed by atoms with E-state index in [1.54, 1.807) is 41.1 Å². The third-order valence-corrected chi connectivity index (χ3v) is 5.64. The van der Waals surface area contributed by atoms with Crippen LogP contribution in [0.4, 0.5) is 11.5 Å². The standard InChI is InChI=1S/C19H21ClN6O3S/c1-30(28,29)23-16-4-2-14(3-5-16)10-18(27)25-8-6-24(7-9-25)17-13-26-12-15(20)11-21-19(26)22-17/h2-5,11-13,23H,6-10H2,1H3. The Bertz CT molecular complexity index is 1170. The first-order valence-corrected chi connectivity index (χ1v) is 11.6. The lowest BCUT2D eigenvalue weighted by atomic mass is 10.1. The number of hydrogen-bond acceptors (Lipinski definition) is 6. The van der Waals surface area contributed by atoms with Crippen LogP contribution in [0, 0.1) is 0 Å². The molecule has 1 aromatic carbocycles. The van der Waals surface area contributed by atoms with Crippen LogP contribution in [0.5, 0.6) is 0 Å². The zero-order chi connectivity index (χ0) is 21.3. The van der Waals surface area contributed by atoms with E-state index in [0.29, 0.717) is 42.7 Å². The zero-order valence-electron chi connectivity index (χ0n) is 16.3. The Morgan fingerprint density at radius 2 is 1.83 bits per heavy atom. The van der Waals surface area contributed by atoms with Crippen molar-refractivity contribution in [2.24, 2.45) is 0 Å². The van der Waals surface area contributed by atoms with Crippen LogP contribution >= 0.6 is 11.6 Å². The summed E-state index contributed by atoms with van der Waals surface area (Å²) in [6.45, 7) is 2.57. The van der Waals surface area contributed by atoms with Crippen LogP contribution in [0.2, 0.25) is 5.02 Å². The highest BCUT2D eigenvalue weighted by atomic mass is 35.5. The summed E-state index contributed by atoms with van der Waals surface area (Å²) in [7, 11) is -3.32. The predicted octanol–water partition coefficient (Wildman–Crippen LogP) is 1.65. The first-order valence-electron chi connectivity index (χ1n) is 9.36. The number of imidazole rings is 1. The van der Waals surface area contributed by atoms with E-state index in [1.807, 2.05) is 11.1 Å². The number of aromatic nitrogens is 3. The molecule has 0 aliphatic carbocycles. The lowest BCUT2D eigenvalue weighted by Crippen LogP contribution is -2.49. The molecule has 1 amide bonds. The largest absolute Gasteiger partial charge is 0.352 e. The van der Waals surface area contributed by atoms with Crippen molar-refractivity contribution in [2.45, 2.75) is 6.42 Å². The minimum Gasteiger partial charge on any atom is -0.352 e. The van der Waals surface area contributed by atoms with E-state index in [-0.39, 0.29) is 12.3 Å². The molecule has 1 saturated heterocycles. The van der Waals surface area contributed by atoms with E-state index in [9.17, 15) is 13.2 Å². The van der Waals surface area contributed by atoms with Crippen molar-refractivity contribution in [2.75, 3.05) is 42.1 Å². The highest BCUT2D eigenvalue weighted by Crippen LogP contribution is 2.18. The smallest absolute Gasteiger partial charge is 0.235 e. The monoisotopic (exact) mass is 448 g/mol. The maximum Gasteiger partial charge on any atom is 0.235 e. The van der Waals surface area contributed by atoms with E-state index in [0.717, 1.165) is 17.6 Å². The minimum absolute atomic E-state index is 0.0434. The van der Waals surface area contributed by atoms with E-state index >= 15 is 0 Å². The van der Waals surface area contributed by atoms with Crippen LogP contribution in [0.15, 0.2) is 42.9 Å². The first kappa shape index (κ1) is 20.4. The average Bonchev–Trinajstić information content (AvgIpc) is 3.11. The Labute approximate surface area is 179 Å². The van der Waals surface area contributed by atoms with E-state index in [2.05, 4.69) is 19.6 Å². The lowest BCUT2D eigenvalue weighted by Gasteiger charge is -2.34. The quantitative estimate of drug-likeness (QED) is 0.637. The lowest BCUT2D eigenvalue weighted by molar-refractivity contribution is -0.130. The highest BCUT2D eigenvalue weighted by molar-refractivity contribution is 7.92. The topological polar surface area (TPSA) is 99.9 Å². The molecule has 11 heteroatoms. The molecule has 1 aliphatic rings. The molecule has 9 nitrogen and oxygen atoms in total. The summed E-state index contributed by atoms with van der Waals surface area (Å²) in [6, 6.07) is 6.84. The van der Waals surface area contributed by atoms with Gasteiger partial charge in [0.15, 0.2) is 0 Å². The summed E-state index contributed by atoms with van der Waals surface area (Å²) in [6.07, 6.45) is 6.58. The fraction of sp³-hybridized carbons (Fsp3) is 0.316. The number of fused-ring (bicyclic) bond motifs is 1. The molecule has 1 aliphatic heterocycles. The molecule has 0 atom stereocenters. The Morgan fingerprint density at radius 3 is 2.50 bits per heavy atom. The highest BCUT2D eigenvalue weighted by Gasteiger charge is 2.23. The number of piperazine rings is 1. The van der Waals surface area contributed by atoms with Gasteiger partial charge in [0.1, 0.15) is 5.82 Å². The molecule has 1 fully saturated rings. The number of nitrogens with one attached hydrogen (secondary N) is 1. The number of carbonyl (C=O) groups excluding carboxylic acids is 1. The van der Waals surface area contributed by atoms with Crippen molar-refractivity contribution in [1.82, 2.24) is 19.3 Å².